The van der Waals surface area contributed by atoms with Gasteiger partial charge in [0.2, 0.25) is 0 Å². The molecule has 0 amide bonds. The average Bonchev–Trinajstić information content (AvgIpc) is 3.07. The van der Waals surface area contributed by atoms with Crippen molar-refractivity contribution < 1.29 is 0 Å². The Kier molecular flexibility index (Phi) is 3.83. The van der Waals surface area contributed by atoms with E-state index in [2.05, 4.69) is 35.5 Å². The molecule has 102 valence electrons. The molecular weight excluding hydrogens is 224 g/mol. The molecule has 0 unspecified atom stereocenters. The van der Waals surface area contributed by atoms with Gasteiger partial charge in [-0.15, -0.1) is 0 Å². The highest BCUT2D eigenvalue weighted by molar-refractivity contribution is 5.67. The van der Waals surface area contributed by atoms with E-state index in [1.807, 2.05) is 6.92 Å². The molecule has 1 aliphatic carbocycles. The Morgan fingerprint density at radius 1 is 1.44 bits per heavy atom. The molecule has 4 heteroatoms. The molecule has 0 aromatic carbocycles. The van der Waals surface area contributed by atoms with Gasteiger partial charge in [-0.2, -0.15) is 5.10 Å². The maximum atomic E-state index is 6.25. The molecule has 1 aliphatic rings. The Bertz CT molecular complexity index is 404. The van der Waals surface area contributed by atoms with Gasteiger partial charge in [0, 0.05) is 19.1 Å². The third-order valence-electron chi connectivity index (χ3n) is 3.40. The van der Waals surface area contributed by atoms with Crippen LogP contribution in [0.25, 0.3) is 0 Å². The van der Waals surface area contributed by atoms with Gasteiger partial charge in [-0.25, -0.2) is 4.68 Å². The molecule has 0 atom stereocenters. The summed E-state index contributed by atoms with van der Waals surface area (Å²) in [5, 5.41) is 4.59. The van der Waals surface area contributed by atoms with Gasteiger partial charge in [-0.3, -0.25) is 0 Å². The van der Waals surface area contributed by atoms with Crippen LogP contribution in [0.4, 0.5) is 11.5 Å². The molecular formula is C14H26N4. The van der Waals surface area contributed by atoms with Gasteiger partial charge < -0.3 is 10.6 Å². The molecule has 1 saturated carbocycles. The lowest BCUT2D eigenvalue weighted by Gasteiger charge is -2.27. The van der Waals surface area contributed by atoms with Gasteiger partial charge in [-0.1, -0.05) is 20.8 Å². The summed E-state index contributed by atoms with van der Waals surface area (Å²) < 4.78 is 2.10. The third-order valence-corrected chi connectivity index (χ3v) is 3.40. The highest BCUT2D eigenvalue weighted by Gasteiger charge is 2.33. The molecule has 1 aromatic heterocycles. The fourth-order valence-corrected chi connectivity index (χ4v) is 2.44. The Labute approximate surface area is 110 Å². The van der Waals surface area contributed by atoms with Gasteiger partial charge >= 0.3 is 0 Å². The molecule has 18 heavy (non-hydrogen) atoms. The zero-order valence-electron chi connectivity index (χ0n) is 12.1. The van der Waals surface area contributed by atoms with E-state index < -0.39 is 0 Å². The second-order valence-corrected chi connectivity index (χ2v) is 5.82. The van der Waals surface area contributed by atoms with Crippen molar-refractivity contribution in [3.05, 3.63) is 5.69 Å². The summed E-state index contributed by atoms with van der Waals surface area (Å²) in [4.78, 5) is 2.48. The number of rotatable bonds is 6. The molecule has 1 fully saturated rings. The van der Waals surface area contributed by atoms with E-state index in [0.29, 0.717) is 12.0 Å². The van der Waals surface area contributed by atoms with Crippen LogP contribution in [0.1, 0.15) is 45.7 Å². The number of nitrogens with zero attached hydrogens (tertiary/aromatic N) is 3. The fraction of sp³-hybridized carbons (Fsp3) is 0.786. The van der Waals surface area contributed by atoms with Crippen molar-refractivity contribution in [3.8, 4) is 0 Å². The van der Waals surface area contributed by atoms with Gasteiger partial charge in [0.05, 0.1) is 11.4 Å². The minimum Gasteiger partial charge on any atom is -0.394 e. The number of nitrogens with two attached hydrogens (primary N) is 1. The number of nitrogen functional groups attached to an aromatic ring is 1. The smallest absolute Gasteiger partial charge is 0.150 e. The SMILES string of the molecule is CCCn1nc(C)c(N)c1N(CC(C)C)C1CC1. The van der Waals surface area contributed by atoms with Crippen molar-refractivity contribution in [2.45, 2.75) is 59.5 Å². The first-order valence-electron chi connectivity index (χ1n) is 7.14. The Morgan fingerprint density at radius 3 is 2.61 bits per heavy atom. The van der Waals surface area contributed by atoms with Crippen LogP contribution in [0.2, 0.25) is 0 Å². The normalized spacial score (nSPS) is 15.4. The summed E-state index contributed by atoms with van der Waals surface area (Å²) in [6, 6.07) is 0.682. The van der Waals surface area contributed by atoms with E-state index in [9.17, 15) is 0 Å². The van der Waals surface area contributed by atoms with Crippen LogP contribution in [0.15, 0.2) is 0 Å². The monoisotopic (exact) mass is 250 g/mol. The predicted molar refractivity (Wildman–Crippen MR) is 76.9 cm³/mol. The summed E-state index contributed by atoms with van der Waals surface area (Å²) in [5.74, 6) is 1.81. The van der Waals surface area contributed by atoms with Crippen molar-refractivity contribution in [1.29, 1.82) is 0 Å². The summed E-state index contributed by atoms with van der Waals surface area (Å²) >= 11 is 0. The lowest BCUT2D eigenvalue weighted by Crippen LogP contribution is -2.32. The first kappa shape index (κ1) is 13.2. The quantitative estimate of drug-likeness (QED) is 0.844. The van der Waals surface area contributed by atoms with Crippen molar-refractivity contribution in [1.82, 2.24) is 9.78 Å². The molecule has 0 radical (unpaired) electrons. The summed E-state index contributed by atoms with van der Waals surface area (Å²) in [7, 11) is 0. The van der Waals surface area contributed by atoms with Gasteiger partial charge in [0.25, 0.3) is 0 Å². The maximum absolute atomic E-state index is 6.25. The molecule has 2 N–H and O–H groups in total. The molecule has 1 aromatic rings. The summed E-state index contributed by atoms with van der Waals surface area (Å²) in [6.07, 6.45) is 3.68. The average molecular weight is 250 g/mol. The minimum atomic E-state index is 0.648. The first-order chi connectivity index (χ1) is 8.54. The Balaban J connectivity index is 2.32. The van der Waals surface area contributed by atoms with E-state index in [-0.39, 0.29) is 0 Å². The topological polar surface area (TPSA) is 47.1 Å². The Morgan fingerprint density at radius 2 is 2.11 bits per heavy atom. The molecule has 0 bridgehead atoms. The van der Waals surface area contributed by atoms with Crippen LogP contribution < -0.4 is 10.6 Å². The number of aromatic nitrogens is 2. The van der Waals surface area contributed by atoms with Gasteiger partial charge in [-0.05, 0) is 32.1 Å². The first-order valence-corrected chi connectivity index (χ1v) is 7.14. The van der Waals surface area contributed by atoms with Gasteiger partial charge in [0.1, 0.15) is 0 Å². The van der Waals surface area contributed by atoms with Crippen LogP contribution in [0.3, 0.4) is 0 Å². The fourth-order valence-electron chi connectivity index (χ4n) is 2.44. The van der Waals surface area contributed by atoms with E-state index in [4.69, 9.17) is 5.73 Å². The van der Waals surface area contributed by atoms with Crippen molar-refractivity contribution in [2.24, 2.45) is 5.92 Å². The largest absolute Gasteiger partial charge is 0.394 e. The van der Waals surface area contributed by atoms with Crippen LogP contribution >= 0.6 is 0 Å². The summed E-state index contributed by atoms with van der Waals surface area (Å²) in [5.41, 5.74) is 8.09. The molecule has 0 saturated heterocycles. The number of hydrogen-bond donors (Lipinski definition) is 1. The molecule has 0 aliphatic heterocycles. The van der Waals surface area contributed by atoms with Crippen LogP contribution in [0.5, 0.6) is 0 Å². The van der Waals surface area contributed by atoms with Crippen molar-refractivity contribution >= 4 is 11.5 Å². The number of anilines is 2. The second kappa shape index (κ2) is 5.21. The van der Waals surface area contributed by atoms with E-state index in [0.717, 1.165) is 36.7 Å². The second-order valence-electron chi connectivity index (χ2n) is 5.82. The standard InChI is InChI=1S/C14H26N4/c1-5-8-18-14(13(15)11(4)16-18)17(9-10(2)3)12-6-7-12/h10,12H,5-9,15H2,1-4H3. The van der Waals surface area contributed by atoms with Crippen LogP contribution in [0, 0.1) is 12.8 Å². The van der Waals surface area contributed by atoms with E-state index in [1.54, 1.807) is 0 Å². The molecule has 1 heterocycles. The Hall–Kier alpha value is -1.19. The highest BCUT2D eigenvalue weighted by Crippen LogP contribution is 2.36. The highest BCUT2D eigenvalue weighted by atomic mass is 15.4. The predicted octanol–water partition coefficient (Wildman–Crippen LogP) is 2.81. The summed E-state index contributed by atoms with van der Waals surface area (Å²) in [6.45, 7) is 10.7. The maximum Gasteiger partial charge on any atom is 0.150 e. The lowest BCUT2D eigenvalue weighted by atomic mass is 10.2. The van der Waals surface area contributed by atoms with Crippen LogP contribution in [-0.2, 0) is 6.54 Å². The molecule has 0 spiro atoms. The molecule has 4 nitrogen and oxygen atoms in total. The van der Waals surface area contributed by atoms with Crippen molar-refractivity contribution in [2.75, 3.05) is 17.2 Å². The lowest BCUT2D eigenvalue weighted by molar-refractivity contribution is 0.553. The van der Waals surface area contributed by atoms with E-state index in [1.165, 1.54) is 12.8 Å². The zero-order valence-corrected chi connectivity index (χ0v) is 12.1. The number of aryl methyl sites for hydroxylation is 2. The molecule has 2 rings (SSSR count). The van der Waals surface area contributed by atoms with Crippen molar-refractivity contribution in [3.63, 3.8) is 0 Å². The zero-order chi connectivity index (χ0) is 13.3. The van der Waals surface area contributed by atoms with Gasteiger partial charge in [0.15, 0.2) is 5.82 Å². The third kappa shape index (κ3) is 2.62. The number of hydrogen-bond acceptors (Lipinski definition) is 3. The van der Waals surface area contributed by atoms with Crippen LogP contribution in [-0.4, -0.2) is 22.4 Å². The van der Waals surface area contributed by atoms with E-state index >= 15 is 0 Å². The minimum absolute atomic E-state index is 0.648.